The lowest BCUT2D eigenvalue weighted by Crippen LogP contribution is -2.24. The minimum atomic E-state index is -4.09. The van der Waals surface area contributed by atoms with Gasteiger partial charge < -0.3 is 13.9 Å². The lowest BCUT2D eigenvalue weighted by atomic mass is 10.5. The highest BCUT2D eigenvalue weighted by atomic mass is 31.2. The Balaban J connectivity index is 2.54. The highest BCUT2D eigenvalue weighted by Crippen LogP contribution is 2.40. The van der Waals surface area contributed by atoms with E-state index < -0.39 is 7.82 Å². The number of ketones is 1. The molecule has 0 bridgehead atoms. The van der Waals surface area contributed by atoms with Crippen molar-refractivity contribution in [3.63, 3.8) is 0 Å². The molecule has 9 heavy (non-hydrogen) atoms. The average Bonchev–Trinajstić information content (AvgIpc) is 1.78. The number of carbonyl (C=O) groups excluding carboxylic acids is 1. The lowest BCUT2D eigenvalue weighted by Gasteiger charge is -2.25. The molecule has 0 aromatic heterocycles. The van der Waals surface area contributed by atoms with Gasteiger partial charge in [0.1, 0.15) is 13.2 Å². The molecule has 52 valence electrons. The summed E-state index contributed by atoms with van der Waals surface area (Å²) in [5, 5.41) is 0. The van der Waals surface area contributed by atoms with Crippen molar-refractivity contribution < 1.29 is 23.3 Å². The maximum atomic E-state index is 10.2. The van der Waals surface area contributed by atoms with Crippen LogP contribution in [0.2, 0.25) is 0 Å². The van der Waals surface area contributed by atoms with Crippen molar-refractivity contribution in [1.82, 2.24) is 0 Å². The van der Waals surface area contributed by atoms with Crippen molar-refractivity contribution in [2.45, 2.75) is 0 Å². The first kappa shape index (κ1) is 6.89. The van der Waals surface area contributed by atoms with Gasteiger partial charge in [0, 0.05) is 0 Å². The maximum absolute atomic E-state index is 10.2. The third kappa shape index (κ3) is 1.87. The molecule has 1 saturated heterocycles. The smallest absolute Gasteiger partial charge is 0.268 e. The molecule has 1 rings (SSSR count). The van der Waals surface area contributed by atoms with Gasteiger partial charge in [0.05, 0.1) is 0 Å². The van der Waals surface area contributed by atoms with Crippen molar-refractivity contribution in [1.29, 1.82) is 0 Å². The molecule has 0 radical (unpaired) electrons. The second-order valence-electron chi connectivity index (χ2n) is 1.53. The van der Waals surface area contributed by atoms with Gasteiger partial charge in [-0.15, -0.1) is 0 Å². The van der Waals surface area contributed by atoms with E-state index in [0.29, 0.717) is 0 Å². The molecular weight excluding hydrogens is 147 g/mol. The maximum Gasteiger partial charge on any atom is 0.268 e. The van der Waals surface area contributed by atoms with Gasteiger partial charge in [0.25, 0.3) is 7.82 Å². The summed E-state index contributed by atoms with van der Waals surface area (Å²) in [6, 6.07) is 0. The summed E-state index contributed by atoms with van der Waals surface area (Å²) in [6.07, 6.45) is 0. The SMILES string of the molecule is O=C1COP(=O)([O-])OC1. The molecule has 0 saturated carbocycles. The summed E-state index contributed by atoms with van der Waals surface area (Å²) < 4.78 is 18.2. The standard InChI is InChI=1S/C3H5O5P/c4-3-1-7-9(5,6)8-2-3/h1-2H2,(H,5,6)/p-1. The van der Waals surface area contributed by atoms with Crippen molar-refractivity contribution in [3.05, 3.63) is 0 Å². The number of hydrogen-bond donors (Lipinski definition) is 0. The van der Waals surface area contributed by atoms with Crippen LogP contribution in [0, 0.1) is 0 Å². The van der Waals surface area contributed by atoms with Crippen LogP contribution in [0.4, 0.5) is 0 Å². The van der Waals surface area contributed by atoms with Crippen LogP contribution in [-0.4, -0.2) is 19.0 Å². The van der Waals surface area contributed by atoms with Crippen LogP contribution in [0.15, 0.2) is 0 Å². The molecule has 1 aliphatic rings. The van der Waals surface area contributed by atoms with Crippen molar-refractivity contribution in [2.24, 2.45) is 0 Å². The summed E-state index contributed by atoms with van der Waals surface area (Å²) in [5.74, 6) is -0.364. The zero-order valence-corrected chi connectivity index (χ0v) is 5.30. The Hall–Kier alpha value is -0.220. The molecule has 0 spiro atoms. The average molecular weight is 151 g/mol. The molecule has 0 unspecified atom stereocenters. The van der Waals surface area contributed by atoms with E-state index in [-0.39, 0.29) is 19.0 Å². The van der Waals surface area contributed by atoms with Crippen LogP contribution in [-0.2, 0) is 18.4 Å². The van der Waals surface area contributed by atoms with Gasteiger partial charge in [-0.3, -0.25) is 9.36 Å². The van der Waals surface area contributed by atoms with Crippen molar-refractivity contribution in [2.75, 3.05) is 13.2 Å². The normalized spacial score (nSPS) is 26.1. The van der Waals surface area contributed by atoms with Crippen LogP contribution < -0.4 is 4.89 Å². The summed E-state index contributed by atoms with van der Waals surface area (Å²) in [4.78, 5) is 20.5. The number of phosphoric ester groups is 1. The molecule has 1 fully saturated rings. The van der Waals surface area contributed by atoms with E-state index in [1.165, 1.54) is 0 Å². The quantitative estimate of drug-likeness (QED) is 0.418. The van der Waals surface area contributed by atoms with Crippen molar-refractivity contribution >= 4 is 13.6 Å². The van der Waals surface area contributed by atoms with Crippen LogP contribution in [0.1, 0.15) is 0 Å². The van der Waals surface area contributed by atoms with E-state index in [1.807, 2.05) is 0 Å². The van der Waals surface area contributed by atoms with E-state index in [4.69, 9.17) is 0 Å². The first-order chi connectivity index (χ1) is 4.10. The minimum Gasteiger partial charge on any atom is -0.756 e. The van der Waals surface area contributed by atoms with Crippen LogP contribution in [0.3, 0.4) is 0 Å². The van der Waals surface area contributed by atoms with E-state index in [0.717, 1.165) is 0 Å². The molecule has 0 aromatic carbocycles. The number of rotatable bonds is 0. The highest BCUT2D eigenvalue weighted by molar-refractivity contribution is 7.46. The molecule has 5 nitrogen and oxygen atoms in total. The predicted octanol–water partition coefficient (Wildman–Crippen LogP) is -0.929. The fourth-order valence-corrected chi connectivity index (χ4v) is 1.06. The monoisotopic (exact) mass is 151 g/mol. The van der Waals surface area contributed by atoms with Crippen LogP contribution in [0.25, 0.3) is 0 Å². The molecule has 0 atom stereocenters. The third-order valence-corrected chi connectivity index (χ3v) is 1.66. The molecule has 0 aliphatic carbocycles. The Kier molecular flexibility index (Phi) is 1.68. The summed E-state index contributed by atoms with van der Waals surface area (Å²) in [5.41, 5.74) is 0. The van der Waals surface area contributed by atoms with Crippen LogP contribution >= 0.6 is 7.82 Å². The Bertz CT molecular complexity index is 161. The van der Waals surface area contributed by atoms with E-state index in [9.17, 15) is 14.3 Å². The third-order valence-electron chi connectivity index (χ3n) is 0.767. The predicted molar refractivity (Wildman–Crippen MR) is 24.5 cm³/mol. The lowest BCUT2D eigenvalue weighted by molar-refractivity contribution is -0.229. The van der Waals surface area contributed by atoms with Gasteiger partial charge in [0.15, 0.2) is 5.78 Å². The Morgan fingerprint density at radius 1 is 1.44 bits per heavy atom. The molecular formula is C3H4O5P-. The largest absolute Gasteiger partial charge is 0.756 e. The topological polar surface area (TPSA) is 75.7 Å². The molecule has 0 aromatic rings. The summed E-state index contributed by atoms with van der Waals surface area (Å²) in [6.45, 7) is -0.776. The minimum absolute atomic E-state index is 0.364. The fraction of sp³-hybridized carbons (Fsp3) is 0.667. The first-order valence-electron chi connectivity index (χ1n) is 2.22. The second kappa shape index (κ2) is 2.19. The molecule has 0 amide bonds. The molecule has 1 heterocycles. The molecule has 0 N–H and O–H groups in total. The van der Waals surface area contributed by atoms with Gasteiger partial charge in [-0.2, -0.15) is 0 Å². The zero-order chi connectivity index (χ0) is 6.91. The van der Waals surface area contributed by atoms with E-state index in [1.54, 1.807) is 0 Å². The van der Waals surface area contributed by atoms with Gasteiger partial charge >= 0.3 is 0 Å². The summed E-state index contributed by atoms with van der Waals surface area (Å²) in [7, 11) is -4.09. The number of hydrogen-bond acceptors (Lipinski definition) is 5. The number of Topliss-reactive ketones (excluding diaryl/α,β-unsaturated/α-hetero) is 1. The van der Waals surface area contributed by atoms with Gasteiger partial charge in [-0.25, -0.2) is 0 Å². The van der Waals surface area contributed by atoms with Gasteiger partial charge in [0.2, 0.25) is 0 Å². The zero-order valence-electron chi connectivity index (χ0n) is 4.40. The van der Waals surface area contributed by atoms with Crippen molar-refractivity contribution in [3.8, 4) is 0 Å². The van der Waals surface area contributed by atoms with Gasteiger partial charge in [-0.05, 0) is 0 Å². The molecule has 6 heteroatoms. The fourth-order valence-electron chi connectivity index (χ4n) is 0.381. The van der Waals surface area contributed by atoms with Gasteiger partial charge in [-0.1, -0.05) is 0 Å². The second-order valence-corrected chi connectivity index (χ2v) is 2.94. The number of carbonyl (C=O) groups is 1. The first-order valence-corrected chi connectivity index (χ1v) is 3.68. The Labute approximate surface area is 51.2 Å². The number of phosphoric acid groups is 1. The Morgan fingerprint density at radius 2 is 1.89 bits per heavy atom. The molecule has 1 aliphatic heterocycles. The van der Waals surface area contributed by atoms with Crippen LogP contribution in [0.5, 0.6) is 0 Å². The summed E-state index contributed by atoms with van der Waals surface area (Å²) >= 11 is 0. The van der Waals surface area contributed by atoms with E-state index >= 15 is 0 Å². The highest BCUT2D eigenvalue weighted by Gasteiger charge is 2.19. The van der Waals surface area contributed by atoms with E-state index in [2.05, 4.69) is 9.05 Å². The Morgan fingerprint density at radius 3 is 2.22 bits per heavy atom.